The number of benzene rings is 2. The van der Waals surface area contributed by atoms with E-state index in [-0.39, 0.29) is 22.8 Å². The molecule has 0 bridgehead atoms. The first-order valence-electron chi connectivity index (χ1n) is 7.31. The van der Waals surface area contributed by atoms with Crippen LogP contribution >= 0.6 is 28.7 Å². The molecule has 1 aliphatic rings. The van der Waals surface area contributed by atoms with E-state index in [0.29, 0.717) is 22.3 Å². The van der Waals surface area contributed by atoms with Gasteiger partial charge in [-0.25, -0.2) is 4.39 Å². The fourth-order valence-electron chi connectivity index (χ4n) is 2.48. The molecule has 2 heterocycles. The van der Waals surface area contributed by atoms with Crippen molar-refractivity contribution in [3.63, 3.8) is 0 Å². The van der Waals surface area contributed by atoms with Crippen LogP contribution in [0.3, 0.4) is 0 Å². The van der Waals surface area contributed by atoms with E-state index in [1.807, 2.05) is 24.3 Å². The molecule has 1 aromatic heterocycles. The van der Waals surface area contributed by atoms with Crippen LogP contribution in [-0.4, -0.2) is 33.4 Å². The fourth-order valence-corrected chi connectivity index (χ4v) is 3.32. The van der Waals surface area contributed by atoms with Gasteiger partial charge in [-0.2, -0.15) is 9.78 Å². The zero-order chi connectivity index (χ0) is 16.5. The van der Waals surface area contributed by atoms with E-state index >= 15 is 0 Å². The Morgan fingerprint density at radius 3 is 2.68 bits per heavy atom. The van der Waals surface area contributed by atoms with Gasteiger partial charge < -0.3 is 4.74 Å². The molecule has 0 fully saturated rings. The zero-order valence-corrected chi connectivity index (χ0v) is 15.7. The maximum atomic E-state index is 13.5. The van der Waals surface area contributed by atoms with Crippen LogP contribution in [-0.2, 0) is 0 Å². The van der Waals surface area contributed by atoms with E-state index in [2.05, 4.69) is 15.3 Å². The minimum absolute atomic E-state index is 0. The molecule has 2 aromatic carbocycles. The first-order chi connectivity index (χ1) is 11.7. The average Bonchev–Trinajstić information content (AvgIpc) is 3.05. The fraction of sp³-hybridized carbons (Fsp3) is 0.118. The lowest BCUT2D eigenvalue weighted by Crippen LogP contribution is -2.13. The summed E-state index contributed by atoms with van der Waals surface area (Å²) in [5.74, 6) is 1.68. The highest BCUT2D eigenvalue weighted by Gasteiger charge is 2.21. The van der Waals surface area contributed by atoms with Crippen LogP contribution in [0.2, 0.25) is 0 Å². The first-order valence-corrected chi connectivity index (χ1v) is 8.29. The van der Waals surface area contributed by atoms with E-state index in [1.54, 1.807) is 35.7 Å². The SMILES string of the molecule is Br.COc1cccc(C2=Nn3c(nnc3-c3cccc(F)c3)SC2)c1. The number of hydrogen-bond donors (Lipinski definition) is 0. The molecule has 0 spiro atoms. The lowest BCUT2D eigenvalue weighted by molar-refractivity contribution is 0.414. The maximum absolute atomic E-state index is 13.5. The van der Waals surface area contributed by atoms with Crippen LogP contribution < -0.4 is 4.74 Å². The van der Waals surface area contributed by atoms with Crippen molar-refractivity contribution in [2.75, 3.05) is 12.9 Å². The Hall–Kier alpha value is -2.19. The number of fused-ring (bicyclic) bond motifs is 1. The Morgan fingerprint density at radius 1 is 1.08 bits per heavy atom. The molecule has 0 amide bonds. The number of hydrogen-bond acceptors (Lipinski definition) is 5. The van der Waals surface area contributed by atoms with Crippen LogP contribution in [0, 0.1) is 5.82 Å². The van der Waals surface area contributed by atoms with Gasteiger partial charge in [0.15, 0.2) is 5.82 Å². The number of nitrogens with zero attached hydrogens (tertiary/aromatic N) is 4. The van der Waals surface area contributed by atoms with Crippen molar-refractivity contribution in [2.45, 2.75) is 5.16 Å². The van der Waals surface area contributed by atoms with Crippen molar-refractivity contribution in [3.05, 3.63) is 59.9 Å². The van der Waals surface area contributed by atoms with E-state index in [4.69, 9.17) is 4.74 Å². The van der Waals surface area contributed by atoms with E-state index in [0.717, 1.165) is 17.0 Å². The van der Waals surface area contributed by atoms with Gasteiger partial charge in [0.2, 0.25) is 5.16 Å². The van der Waals surface area contributed by atoms with Gasteiger partial charge in [-0.3, -0.25) is 0 Å². The van der Waals surface area contributed by atoms with E-state index in [9.17, 15) is 4.39 Å². The molecular weight excluding hydrogens is 407 g/mol. The molecule has 1 aliphatic heterocycles. The quantitative estimate of drug-likeness (QED) is 0.641. The van der Waals surface area contributed by atoms with Gasteiger partial charge >= 0.3 is 0 Å². The minimum Gasteiger partial charge on any atom is -0.497 e. The lowest BCUT2D eigenvalue weighted by Gasteiger charge is -2.14. The summed E-state index contributed by atoms with van der Waals surface area (Å²) in [5.41, 5.74) is 2.51. The third-order valence-electron chi connectivity index (χ3n) is 3.66. The number of ether oxygens (including phenoxy) is 1. The Morgan fingerprint density at radius 2 is 1.88 bits per heavy atom. The highest BCUT2D eigenvalue weighted by atomic mass is 79.9. The molecule has 0 saturated heterocycles. The summed E-state index contributed by atoms with van der Waals surface area (Å²) in [4.78, 5) is 0. The molecule has 8 heteroatoms. The van der Waals surface area contributed by atoms with Crippen LogP contribution in [0.1, 0.15) is 5.56 Å². The summed E-state index contributed by atoms with van der Waals surface area (Å²) in [6, 6.07) is 14.0. The molecule has 3 aromatic rings. The number of thioether (sulfide) groups is 1. The van der Waals surface area contributed by atoms with Gasteiger partial charge in [-0.05, 0) is 24.3 Å². The Labute approximate surface area is 158 Å². The summed E-state index contributed by atoms with van der Waals surface area (Å²) in [7, 11) is 1.64. The van der Waals surface area contributed by atoms with Gasteiger partial charge in [0.1, 0.15) is 11.6 Å². The van der Waals surface area contributed by atoms with Crippen molar-refractivity contribution in [3.8, 4) is 17.1 Å². The Bertz CT molecular complexity index is 944. The van der Waals surface area contributed by atoms with Crippen LogP contribution in [0.25, 0.3) is 11.4 Å². The zero-order valence-electron chi connectivity index (χ0n) is 13.2. The molecule has 128 valence electrons. The van der Waals surface area contributed by atoms with Crippen LogP contribution in [0.5, 0.6) is 5.75 Å². The molecule has 0 aliphatic carbocycles. The number of halogens is 2. The van der Waals surface area contributed by atoms with Gasteiger partial charge in [0.25, 0.3) is 0 Å². The van der Waals surface area contributed by atoms with Crippen molar-refractivity contribution in [2.24, 2.45) is 5.10 Å². The molecule has 0 saturated carbocycles. The number of methoxy groups -OCH3 is 1. The van der Waals surface area contributed by atoms with Gasteiger partial charge in [0, 0.05) is 16.9 Å². The van der Waals surface area contributed by atoms with Crippen molar-refractivity contribution >= 4 is 34.5 Å². The summed E-state index contributed by atoms with van der Waals surface area (Å²) < 4.78 is 20.4. The molecule has 5 nitrogen and oxygen atoms in total. The van der Waals surface area contributed by atoms with E-state index in [1.165, 1.54) is 12.1 Å². The summed E-state index contributed by atoms with van der Waals surface area (Å²) in [6.45, 7) is 0. The van der Waals surface area contributed by atoms with E-state index < -0.39 is 0 Å². The van der Waals surface area contributed by atoms with Gasteiger partial charge in [0.05, 0.1) is 12.8 Å². The molecule has 0 atom stereocenters. The summed E-state index contributed by atoms with van der Waals surface area (Å²) >= 11 is 1.55. The first kappa shape index (κ1) is 17.6. The smallest absolute Gasteiger partial charge is 0.212 e. The van der Waals surface area contributed by atoms with Crippen molar-refractivity contribution < 1.29 is 9.13 Å². The summed E-state index contributed by atoms with van der Waals surface area (Å²) in [5, 5.41) is 13.7. The number of aromatic nitrogens is 3. The molecule has 0 unspecified atom stereocenters. The third kappa shape index (κ3) is 3.45. The minimum atomic E-state index is -0.315. The predicted octanol–water partition coefficient (Wildman–Crippen LogP) is 4.03. The highest BCUT2D eigenvalue weighted by Crippen LogP contribution is 2.29. The molecular formula is C17H14BrFN4OS. The lowest BCUT2D eigenvalue weighted by atomic mass is 10.1. The molecule has 0 radical (unpaired) electrons. The summed E-state index contributed by atoms with van der Waals surface area (Å²) in [6.07, 6.45) is 0. The van der Waals surface area contributed by atoms with Crippen molar-refractivity contribution in [1.82, 2.24) is 14.9 Å². The second kappa shape index (κ2) is 7.37. The monoisotopic (exact) mass is 420 g/mol. The van der Waals surface area contributed by atoms with Gasteiger partial charge in [-0.1, -0.05) is 36.0 Å². The second-order valence-corrected chi connectivity index (χ2v) is 6.14. The average molecular weight is 421 g/mol. The molecule has 25 heavy (non-hydrogen) atoms. The third-order valence-corrected chi connectivity index (χ3v) is 4.59. The Balaban J connectivity index is 0.00000182. The van der Waals surface area contributed by atoms with Crippen LogP contribution in [0.4, 0.5) is 4.39 Å². The molecule has 0 N–H and O–H groups in total. The second-order valence-electron chi connectivity index (χ2n) is 5.20. The molecule has 4 rings (SSSR count). The van der Waals surface area contributed by atoms with Gasteiger partial charge in [-0.15, -0.1) is 27.2 Å². The highest BCUT2D eigenvalue weighted by molar-refractivity contribution is 8.93. The topological polar surface area (TPSA) is 52.3 Å². The normalized spacial score (nSPS) is 12.8. The largest absolute Gasteiger partial charge is 0.497 e. The van der Waals surface area contributed by atoms with Crippen LogP contribution in [0.15, 0.2) is 58.8 Å². The maximum Gasteiger partial charge on any atom is 0.212 e. The Kier molecular flexibility index (Phi) is 5.19. The number of rotatable bonds is 3. The predicted molar refractivity (Wildman–Crippen MR) is 101 cm³/mol. The standard InChI is InChI=1S/C17H13FN4OS.BrH/c1-23-14-7-3-4-11(9-14)15-10-24-17-20-19-16(22(17)21-15)12-5-2-6-13(18)8-12;/h2-9H,10H2,1H3;1H. The van der Waals surface area contributed by atoms with Crippen molar-refractivity contribution in [1.29, 1.82) is 0 Å².